The molecule has 0 bridgehead atoms. The molecule has 0 spiro atoms. The number of ether oxygens (including phenoxy) is 2. The lowest BCUT2D eigenvalue weighted by molar-refractivity contribution is -0.0512. The molecule has 30 heavy (non-hydrogen) atoms. The van der Waals surface area contributed by atoms with Gasteiger partial charge in [-0.05, 0) is 63.5 Å². The maximum atomic E-state index is 12.5. The Morgan fingerprint density at radius 1 is 1.20 bits per heavy atom. The van der Waals surface area contributed by atoms with Crippen molar-refractivity contribution < 1.29 is 18.3 Å². The molecule has 0 aliphatic carbocycles. The van der Waals surface area contributed by atoms with E-state index >= 15 is 0 Å². The van der Waals surface area contributed by atoms with Crippen LogP contribution in [0.3, 0.4) is 0 Å². The van der Waals surface area contributed by atoms with Gasteiger partial charge >= 0.3 is 6.61 Å². The van der Waals surface area contributed by atoms with Crippen LogP contribution in [-0.2, 0) is 6.42 Å². The third-order valence-electron chi connectivity index (χ3n) is 4.76. The summed E-state index contributed by atoms with van der Waals surface area (Å²) in [5.41, 5.74) is 0.872. The average molecular weight is 542 g/mol. The molecule has 0 fully saturated rings. The molecule has 1 aromatic carbocycles. The summed E-state index contributed by atoms with van der Waals surface area (Å²) in [6, 6.07) is 5.37. The monoisotopic (exact) mass is 542 g/mol. The quantitative estimate of drug-likeness (QED) is 0.223. The van der Waals surface area contributed by atoms with Crippen LogP contribution in [0.5, 0.6) is 11.5 Å². The molecule has 0 saturated carbocycles. The van der Waals surface area contributed by atoms with Gasteiger partial charge in [-0.25, -0.2) is 0 Å². The van der Waals surface area contributed by atoms with E-state index in [1.807, 2.05) is 6.07 Å². The molecule has 1 unspecified atom stereocenters. The Hall–Kier alpha value is -1.36. The smallest absolute Gasteiger partial charge is 0.387 e. The molecule has 1 rings (SSSR count). The highest BCUT2D eigenvalue weighted by atomic mass is 127. The van der Waals surface area contributed by atoms with Crippen molar-refractivity contribution in [2.24, 2.45) is 4.99 Å². The molecule has 0 aliphatic heterocycles. The molecular weight excluding hydrogens is 505 g/mol. The van der Waals surface area contributed by atoms with Gasteiger partial charge in [-0.2, -0.15) is 8.78 Å². The first-order valence-electron chi connectivity index (χ1n) is 10.2. The molecule has 0 amide bonds. The fraction of sp³-hybridized carbons (Fsp3) is 0.667. The molecule has 0 aromatic heterocycles. The van der Waals surface area contributed by atoms with Gasteiger partial charge in [0.05, 0.1) is 7.11 Å². The third kappa shape index (κ3) is 11.1. The lowest BCUT2D eigenvalue weighted by Gasteiger charge is -2.21. The number of hydrogen-bond donors (Lipinski definition) is 2. The molecule has 1 aromatic rings. The third-order valence-corrected chi connectivity index (χ3v) is 4.76. The fourth-order valence-electron chi connectivity index (χ4n) is 3.05. The molecule has 0 aliphatic rings. The van der Waals surface area contributed by atoms with Gasteiger partial charge in [0, 0.05) is 19.6 Å². The molecular formula is C21H37F2IN4O2. The van der Waals surface area contributed by atoms with E-state index in [-0.39, 0.29) is 35.5 Å². The van der Waals surface area contributed by atoms with E-state index in [1.165, 1.54) is 7.11 Å². The standard InChI is InChI=1S/C21H36F2N4O2.HI/c1-6-27(7-2)14-8-9-16(3)26-21(24-4)25-13-12-17-10-11-18(28-5)19(15-17)29-20(22)23;/h10-11,15-16,20H,6-9,12-14H2,1-5H3,(H2,24,25,26);1H. The average Bonchev–Trinajstić information content (AvgIpc) is 2.70. The lowest BCUT2D eigenvalue weighted by Crippen LogP contribution is -2.43. The van der Waals surface area contributed by atoms with Gasteiger partial charge in [0.1, 0.15) is 0 Å². The van der Waals surface area contributed by atoms with E-state index in [0.717, 1.165) is 44.0 Å². The Kier molecular flexibility index (Phi) is 15.6. The van der Waals surface area contributed by atoms with Crippen LogP contribution in [0.2, 0.25) is 0 Å². The number of nitrogens with zero attached hydrogens (tertiary/aromatic N) is 2. The second-order valence-corrected chi connectivity index (χ2v) is 6.83. The van der Waals surface area contributed by atoms with Crippen molar-refractivity contribution in [3.8, 4) is 11.5 Å². The minimum absolute atomic E-state index is 0. The molecule has 9 heteroatoms. The number of methoxy groups -OCH3 is 1. The zero-order valence-corrected chi connectivity index (χ0v) is 21.0. The van der Waals surface area contributed by atoms with E-state index in [9.17, 15) is 8.78 Å². The van der Waals surface area contributed by atoms with Gasteiger partial charge in [0.2, 0.25) is 0 Å². The minimum Gasteiger partial charge on any atom is -0.493 e. The van der Waals surface area contributed by atoms with Crippen molar-refractivity contribution in [2.75, 3.05) is 40.3 Å². The molecule has 0 radical (unpaired) electrons. The maximum absolute atomic E-state index is 12.5. The predicted octanol–water partition coefficient (Wildman–Crippen LogP) is 4.13. The molecule has 174 valence electrons. The first kappa shape index (κ1) is 28.6. The second kappa shape index (κ2) is 16.3. The van der Waals surface area contributed by atoms with Crippen molar-refractivity contribution in [2.45, 2.75) is 52.7 Å². The summed E-state index contributed by atoms with van der Waals surface area (Å²) in [4.78, 5) is 6.68. The molecule has 6 nitrogen and oxygen atoms in total. The SMILES string of the molecule is CCN(CC)CCCC(C)NC(=NC)NCCc1ccc(OC)c(OC(F)F)c1.I. The molecule has 1 atom stereocenters. The van der Waals surface area contributed by atoms with Crippen LogP contribution in [0.1, 0.15) is 39.2 Å². The summed E-state index contributed by atoms with van der Waals surface area (Å²) in [6.07, 6.45) is 2.83. The Balaban J connectivity index is 0.00000841. The van der Waals surface area contributed by atoms with Crippen LogP contribution in [0.4, 0.5) is 8.78 Å². The number of nitrogens with one attached hydrogen (secondary N) is 2. The molecule has 2 N–H and O–H groups in total. The maximum Gasteiger partial charge on any atom is 0.387 e. The van der Waals surface area contributed by atoms with Gasteiger partial charge in [0.15, 0.2) is 17.5 Å². The lowest BCUT2D eigenvalue weighted by atomic mass is 10.1. The normalized spacial score (nSPS) is 12.5. The van der Waals surface area contributed by atoms with Crippen molar-refractivity contribution >= 4 is 29.9 Å². The van der Waals surface area contributed by atoms with E-state index in [0.29, 0.717) is 19.0 Å². The predicted molar refractivity (Wildman–Crippen MR) is 130 cm³/mol. The van der Waals surface area contributed by atoms with Crippen molar-refractivity contribution in [3.05, 3.63) is 23.8 Å². The Labute approximate surface area is 196 Å². The Morgan fingerprint density at radius 2 is 1.90 bits per heavy atom. The second-order valence-electron chi connectivity index (χ2n) is 6.83. The number of benzene rings is 1. The molecule has 0 saturated heterocycles. The van der Waals surface area contributed by atoms with Crippen molar-refractivity contribution in [3.63, 3.8) is 0 Å². The summed E-state index contributed by atoms with van der Waals surface area (Å²) in [6.45, 7) is 7.51. The largest absolute Gasteiger partial charge is 0.493 e. The summed E-state index contributed by atoms with van der Waals surface area (Å²) >= 11 is 0. The van der Waals surface area contributed by atoms with E-state index in [4.69, 9.17) is 4.74 Å². The van der Waals surface area contributed by atoms with Crippen LogP contribution in [0.25, 0.3) is 0 Å². The van der Waals surface area contributed by atoms with E-state index in [2.05, 4.69) is 46.0 Å². The van der Waals surface area contributed by atoms with Crippen LogP contribution < -0.4 is 20.1 Å². The van der Waals surface area contributed by atoms with Gasteiger partial charge < -0.3 is 25.0 Å². The number of aliphatic imine (C=N–C) groups is 1. The van der Waals surface area contributed by atoms with Gasteiger partial charge in [-0.15, -0.1) is 24.0 Å². The van der Waals surface area contributed by atoms with Crippen LogP contribution in [-0.4, -0.2) is 63.8 Å². The number of guanidine groups is 1. The Morgan fingerprint density at radius 3 is 2.47 bits per heavy atom. The van der Waals surface area contributed by atoms with Crippen molar-refractivity contribution in [1.29, 1.82) is 0 Å². The Bertz CT molecular complexity index is 617. The zero-order valence-electron chi connectivity index (χ0n) is 18.7. The van der Waals surface area contributed by atoms with Gasteiger partial charge in [0.25, 0.3) is 0 Å². The summed E-state index contributed by atoms with van der Waals surface area (Å²) in [5.74, 6) is 1.07. The number of rotatable bonds is 13. The van der Waals surface area contributed by atoms with Crippen LogP contribution in [0, 0.1) is 0 Å². The highest BCUT2D eigenvalue weighted by Crippen LogP contribution is 2.29. The number of hydrogen-bond acceptors (Lipinski definition) is 4. The summed E-state index contributed by atoms with van der Waals surface area (Å²) < 4.78 is 34.7. The number of halogens is 3. The fourth-order valence-corrected chi connectivity index (χ4v) is 3.05. The summed E-state index contributed by atoms with van der Waals surface area (Å²) in [7, 11) is 3.16. The van der Waals surface area contributed by atoms with Gasteiger partial charge in [-0.3, -0.25) is 4.99 Å². The van der Waals surface area contributed by atoms with Crippen LogP contribution >= 0.6 is 24.0 Å². The molecule has 0 heterocycles. The first-order valence-corrected chi connectivity index (χ1v) is 10.2. The first-order chi connectivity index (χ1) is 13.9. The highest BCUT2D eigenvalue weighted by Gasteiger charge is 2.12. The van der Waals surface area contributed by atoms with Crippen LogP contribution in [0.15, 0.2) is 23.2 Å². The number of alkyl halides is 2. The van der Waals surface area contributed by atoms with Crippen molar-refractivity contribution in [1.82, 2.24) is 15.5 Å². The minimum atomic E-state index is -2.89. The topological polar surface area (TPSA) is 58.1 Å². The zero-order chi connectivity index (χ0) is 21.6. The highest BCUT2D eigenvalue weighted by molar-refractivity contribution is 14.0. The van der Waals surface area contributed by atoms with E-state index < -0.39 is 6.61 Å². The van der Waals surface area contributed by atoms with E-state index in [1.54, 1.807) is 19.2 Å². The summed E-state index contributed by atoms with van der Waals surface area (Å²) in [5, 5.41) is 6.66. The van der Waals surface area contributed by atoms with Gasteiger partial charge in [-0.1, -0.05) is 19.9 Å².